The minimum atomic E-state index is -0.520. The number of carbonyl (C=O) groups excluding carboxylic acids is 2. The monoisotopic (exact) mass is 552 g/mol. The number of unbranched alkanes of at least 4 members (excludes halogenated alkanes) is 1. The molecule has 0 saturated carbocycles. The second kappa shape index (κ2) is 14.9. The highest BCUT2D eigenvalue weighted by atomic mass is 16.6. The number of hydrazone groups is 1. The van der Waals surface area contributed by atoms with Crippen LogP contribution < -0.4 is 24.4 Å². The van der Waals surface area contributed by atoms with E-state index in [1.807, 2.05) is 30.3 Å². The summed E-state index contributed by atoms with van der Waals surface area (Å²) in [5, 5.41) is 4.03. The SMILES string of the molecule is CCCCOc1ccc(C(=O)Oc2ccc(/C=N/NC(=O)c3ccc(OCc4ccccc4)cc3)cc2OC)cc1. The number of esters is 1. The van der Waals surface area contributed by atoms with Crippen molar-refractivity contribution in [3.8, 4) is 23.0 Å². The smallest absolute Gasteiger partial charge is 0.343 e. The van der Waals surface area contributed by atoms with Crippen molar-refractivity contribution < 1.29 is 28.5 Å². The Morgan fingerprint density at radius 3 is 2.17 bits per heavy atom. The van der Waals surface area contributed by atoms with Gasteiger partial charge in [0.25, 0.3) is 5.91 Å². The highest BCUT2D eigenvalue weighted by Gasteiger charge is 2.13. The van der Waals surface area contributed by atoms with Gasteiger partial charge in [0.1, 0.15) is 18.1 Å². The average molecular weight is 553 g/mol. The van der Waals surface area contributed by atoms with E-state index in [2.05, 4.69) is 17.5 Å². The Morgan fingerprint density at radius 2 is 1.49 bits per heavy atom. The zero-order valence-electron chi connectivity index (χ0n) is 23.0. The summed E-state index contributed by atoms with van der Waals surface area (Å²) in [5.41, 5.74) is 5.03. The third-order valence-corrected chi connectivity index (χ3v) is 5.99. The van der Waals surface area contributed by atoms with E-state index >= 15 is 0 Å². The lowest BCUT2D eigenvalue weighted by molar-refractivity contribution is 0.0729. The van der Waals surface area contributed by atoms with E-state index in [0.29, 0.717) is 47.2 Å². The fourth-order valence-electron chi connectivity index (χ4n) is 3.70. The largest absolute Gasteiger partial charge is 0.494 e. The second-order valence-electron chi connectivity index (χ2n) is 9.02. The maximum absolute atomic E-state index is 12.6. The van der Waals surface area contributed by atoms with Gasteiger partial charge in [0.2, 0.25) is 0 Å². The van der Waals surface area contributed by atoms with Crippen LogP contribution in [0, 0.1) is 0 Å². The Labute approximate surface area is 239 Å². The Bertz CT molecular complexity index is 1450. The molecule has 4 rings (SSSR count). The first-order valence-electron chi connectivity index (χ1n) is 13.3. The molecule has 1 N–H and O–H groups in total. The van der Waals surface area contributed by atoms with Crippen molar-refractivity contribution in [1.82, 2.24) is 5.43 Å². The number of ether oxygens (including phenoxy) is 4. The van der Waals surface area contributed by atoms with Gasteiger partial charge in [0, 0.05) is 5.56 Å². The van der Waals surface area contributed by atoms with Crippen LogP contribution in [0.3, 0.4) is 0 Å². The van der Waals surface area contributed by atoms with Crippen LogP contribution in [0.2, 0.25) is 0 Å². The maximum atomic E-state index is 12.6. The molecule has 0 fully saturated rings. The van der Waals surface area contributed by atoms with Crippen LogP contribution in [0.15, 0.2) is 102 Å². The number of rotatable bonds is 13. The minimum absolute atomic E-state index is 0.261. The lowest BCUT2D eigenvalue weighted by Gasteiger charge is -2.10. The van der Waals surface area contributed by atoms with Crippen molar-refractivity contribution in [3.63, 3.8) is 0 Å². The molecule has 0 radical (unpaired) electrons. The van der Waals surface area contributed by atoms with Crippen LogP contribution in [0.1, 0.15) is 51.6 Å². The first kappa shape index (κ1) is 28.9. The molecule has 0 bridgehead atoms. The summed E-state index contributed by atoms with van der Waals surface area (Å²) in [5.74, 6) is 1.09. The summed E-state index contributed by atoms with van der Waals surface area (Å²) in [6.07, 6.45) is 3.49. The second-order valence-corrected chi connectivity index (χ2v) is 9.02. The van der Waals surface area contributed by atoms with E-state index in [1.54, 1.807) is 66.7 Å². The van der Waals surface area contributed by atoms with Crippen LogP contribution in [0.4, 0.5) is 0 Å². The molecule has 41 heavy (non-hydrogen) atoms. The first-order chi connectivity index (χ1) is 20.1. The third kappa shape index (κ3) is 8.69. The molecule has 0 aliphatic rings. The molecule has 8 nitrogen and oxygen atoms in total. The first-order valence-corrected chi connectivity index (χ1v) is 13.3. The highest BCUT2D eigenvalue weighted by Crippen LogP contribution is 2.28. The molecular weight excluding hydrogens is 520 g/mol. The van der Waals surface area contributed by atoms with Crippen LogP contribution in [0.25, 0.3) is 0 Å². The summed E-state index contributed by atoms with van der Waals surface area (Å²) in [6, 6.07) is 28.4. The highest BCUT2D eigenvalue weighted by molar-refractivity contribution is 5.95. The zero-order valence-corrected chi connectivity index (χ0v) is 23.0. The molecule has 4 aromatic carbocycles. The van der Waals surface area contributed by atoms with Gasteiger partial charge in [0.15, 0.2) is 11.5 Å². The van der Waals surface area contributed by atoms with Crippen molar-refractivity contribution in [2.45, 2.75) is 26.4 Å². The number of amides is 1. The molecule has 0 aromatic heterocycles. The van der Waals surface area contributed by atoms with Gasteiger partial charge in [-0.1, -0.05) is 43.7 Å². The van der Waals surface area contributed by atoms with Gasteiger partial charge >= 0.3 is 5.97 Å². The number of carbonyl (C=O) groups is 2. The Hall–Kier alpha value is -5.11. The van der Waals surface area contributed by atoms with Crippen LogP contribution >= 0.6 is 0 Å². The van der Waals surface area contributed by atoms with E-state index in [-0.39, 0.29) is 11.7 Å². The van der Waals surface area contributed by atoms with Gasteiger partial charge in [-0.2, -0.15) is 5.10 Å². The van der Waals surface area contributed by atoms with E-state index in [9.17, 15) is 9.59 Å². The van der Waals surface area contributed by atoms with E-state index in [0.717, 1.165) is 18.4 Å². The summed E-state index contributed by atoms with van der Waals surface area (Å²) in [6.45, 7) is 3.17. The number of hydrogen-bond acceptors (Lipinski definition) is 7. The Morgan fingerprint density at radius 1 is 0.805 bits per heavy atom. The average Bonchev–Trinajstić information content (AvgIpc) is 3.01. The number of nitrogens with one attached hydrogen (secondary N) is 1. The van der Waals surface area contributed by atoms with Gasteiger partial charge in [-0.05, 0) is 84.3 Å². The lowest BCUT2D eigenvalue weighted by atomic mass is 10.2. The van der Waals surface area contributed by atoms with Crippen molar-refractivity contribution in [1.29, 1.82) is 0 Å². The van der Waals surface area contributed by atoms with Gasteiger partial charge in [-0.25, -0.2) is 10.2 Å². The molecule has 0 unspecified atom stereocenters. The molecular formula is C33H32N2O6. The number of nitrogens with zero attached hydrogens (tertiary/aromatic N) is 1. The number of benzene rings is 4. The number of hydrogen-bond donors (Lipinski definition) is 1. The molecule has 0 aliphatic carbocycles. The maximum Gasteiger partial charge on any atom is 0.343 e. The molecule has 0 atom stereocenters. The van der Waals surface area contributed by atoms with Gasteiger partial charge < -0.3 is 18.9 Å². The van der Waals surface area contributed by atoms with Crippen molar-refractivity contribution in [3.05, 3.63) is 119 Å². The van der Waals surface area contributed by atoms with Crippen molar-refractivity contribution >= 4 is 18.1 Å². The zero-order chi connectivity index (χ0) is 28.9. The lowest BCUT2D eigenvalue weighted by Crippen LogP contribution is -2.17. The molecule has 0 saturated heterocycles. The van der Waals surface area contributed by atoms with Gasteiger partial charge in [-0.15, -0.1) is 0 Å². The fourth-order valence-corrected chi connectivity index (χ4v) is 3.70. The van der Waals surface area contributed by atoms with E-state index in [1.165, 1.54) is 13.3 Å². The molecule has 210 valence electrons. The molecule has 0 spiro atoms. The molecule has 0 heterocycles. The fraction of sp³-hybridized carbons (Fsp3) is 0.182. The minimum Gasteiger partial charge on any atom is -0.494 e. The van der Waals surface area contributed by atoms with Crippen LogP contribution in [-0.2, 0) is 6.61 Å². The van der Waals surface area contributed by atoms with Crippen molar-refractivity contribution in [2.75, 3.05) is 13.7 Å². The Kier molecular flexibility index (Phi) is 10.5. The normalized spacial score (nSPS) is 10.7. The van der Waals surface area contributed by atoms with Gasteiger partial charge in [-0.3, -0.25) is 4.79 Å². The molecule has 8 heteroatoms. The summed E-state index contributed by atoms with van der Waals surface area (Å²) in [7, 11) is 1.48. The Balaban J connectivity index is 1.29. The molecule has 1 amide bonds. The van der Waals surface area contributed by atoms with E-state index < -0.39 is 5.97 Å². The molecule has 0 aliphatic heterocycles. The van der Waals surface area contributed by atoms with Crippen LogP contribution in [-0.4, -0.2) is 31.8 Å². The summed E-state index contributed by atoms with van der Waals surface area (Å²) in [4.78, 5) is 25.1. The van der Waals surface area contributed by atoms with Gasteiger partial charge in [0.05, 0.1) is 25.5 Å². The predicted molar refractivity (Wildman–Crippen MR) is 157 cm³/mol. The quantitative estimate of drug-likeness (QED) is 0.0675. The standard InChI is InChI=1S/C33H32N2O6/c1-3-4-20-39-28-17-13-27(14-18-28)33(37)41-30-19-10-25(21-31(30)38-2)22-34-35-32(36)26-11-15-29(16-12-26)40-23-24-8-6-5-7-9-24/h5-19,21-22H,3-4,20,23H2,1-2H3,(H,35,36)/b34-22+. The predicted octanol–water partition coefficient (Wildman–Crippen LogP) is 6.44. The van der Waals surface area contributed by atoms with E-state index in [4.69, 9.17) is 18.9 Å². The molecule has 4 aromatic rings. The third-order valence-electron chi connectivity index (χ3n) is 5.99. The van der Waals surface area contributed by atoms with Crippen LogP contribution in [0.5, 0.6) is 23.0 Å². The van der Waals surface area contributed by atoms with Crippen molar-refractivity contribution in [2.24, 2.45) is 5.10 Å². The number of methoxy groups -OCH3 is 1. The summed E-state index contributed by atoms with van der Waals surface area (Å²) < 4.78 is 22.3. The topological polar surface area (TPSA) is 95.5 Å². The summed E-state index contributed by atoms with van der Waals surface area (Å²) >= 11 is 0.